The normalized spacial score (nSPS) is 19.3. The van der Waals surface area contributed by atoms with E-state index in [0.29, 0.717) is 5.82 Å². The first-order chi connectivity index (χ1) is 20.6. The molecule has 2 N–H and O–H groups in total. The summed E-state index contributed by atoms with van der Waals surface area (Å²) >= 11 is 1.76. The molecule has 3 aromatic heterocycles. The third kappa shape index (κ3) is 6.07. The smallest absolute Gasteiger partial charge is 0.165 e. The summed E-state index contributed by atoms with van der Waals surface area (Å²) in [6.07, 6.45) is 7.88. The number of hydrogen-bond acceptors (Lipinski definition) is 7. The van der Waals surface area contributed by atoms with Crippen LogP contribution in [0.15, 0.2) is 84.9 Å². The SMILES string of the molecule is C=CSN1CC2CN(Cc3ccc(-n4c(-c5cccnc5N)nc5ccc(C(/C=C\C)=C/C)nc54)cc3)CC2C1.CC. The number of fused-ring (bicyclic) bond motifs is 2. The van der Waals surface area contributed by atoms with Crippen molar-refractivity contribution in [3.05, 3.63) is 96.2 Å². The van der Waals surface area contributed by atoms with Crippen LogP contribution in [-0.4, -0.2) is 54.9 Å². The van der Waals surface area contributed by atoms with Gasteiger partial charge in [0.2, 0.25) is 0 Å². The van der Waals surface area contributed by atoms with Crippen LogP contribution in [0, 0.1) is 11.8 Å². The van der Waals surface area contributed by atoms with E-state index in [0.717, 1.165) is 84.1 Å². The van der Waals surface area contributed by atoms with Gasteiger partial charge in [-0.15, -0.1) is 0 Å². The van der Waals surface area contributed by atoms with E-state index in [1.54, 1.807) is 18.1 Å². The number of aromatic nitrogens is 4. The molecule has 0 radical (unpaired) electrons. The van der Waals surface area contributed by atoms with E-state index in [2.05, 4.69) is 61.8 Å². The summed E-state index contributed by atoms with van der Waals surface area (Å²) in [6, 6.07) is 16.7. The Morgan fingerprint density at radius 2 is 1.74 bits per heavy atom. The van der Waals surface area contributed by atoms with E-state index in [9.17, 15) is 0 Å². The molecule has 4 aromatic rings. The molecule has 0 amide bonds. The Balaban J connectivity index is 0.00000173. The number of anilines is 1. The minimum absolute atomic E-state index is 0.448. The molecule has 2 atom stereocenters. The van der Waals surface area contributed by atoms with Crippen LogP contribution in [-0.2, 0) is 6.54 Å². The first-order valence-electron chi connectivity index (χ1n) is 14.8. The van der Waals surface area contributed by atoms with Crippen LogP contribution in [0.3, 0.4) is 0 Å². The first kappa shape index (κ1) is 29.8. The molecule has 0 aliphatic carbocycles. The lowest BCUT2D eigenvalue weighted by Crippen LogP contribution is -2.25. The predicted octanol–water partition coefficient (Wildman–Crippen LogP) is 7.23. The number of nitrogen functional groups attached to an aromatic ring is 1. The van der Waals surface area contributed by atoms with Crippen LogP contribution in [0.4, 0.5) is 5.82 Å². The molecule has 218 valence electrons. The van der Waals surface area contributed by atoms with Gasteiger partial charge in [-0.25, -0.2) is 19.3 Å². The topological polar surface area (TPSA) is 76.1 Å². The summed E-state index contributed by atoms with van der Waals surface area (Å²) in [7, 11) is 0. The lowest BCUT2D eigenvalue weighted by atomic mass is 10.0. The highest BCUT2D eigenvalue weighted by Crippen LogP contribution is 2.35. The standard InChI is InChI=1S/C32H35N7S.C2H6/c1-4-8-23(5-2)28-14-15-29-32(35-28)39(31(36-29)27-9-7-16-34-30(27)33)26-12-10-22(11-13-26)17-37-18-24-20-38(40-6-3)21-25(24)19-37;1-2/h4-16,24-25H,3,17-21H2,1-2H3,(H2,33,34);1-2H3/b8-4-,23-5+;. The fraction of sp³-hybridized carbons (Fsp3) is 0.324. The quantitative estimate of drug-likeness (QED) is 0.174. The summed E-state index contributed by atoms with van der Waals surface area (Å²) in [5.41, 5.74) is 13.0. The number of imidazole rings is 1. The van der Waals surface area contributed by atoms with Gasteiger partial charge in [0.15, 0.2) is 11.5 Å². The van der Waals surface area contributed by atoms with Crippen molar-refractivity contribution in [2.24, 2.45) is 11.8 Å². The van der Waals surface area contributed by atoms with Gasteiger partial charge in [0.05, 0.1) is 11.3 Å². The molecule has 8 heteroatoms. The van der Waals surface area contributed by atoms with Gasteiger partial charge < -0.3 is 5.73 Å². The Kier molecular flexibility index (Phi) is 9.57. The summed E-state index contributed by atoms with van der Waals surface area (Å²) in [4.78, 5) is 17.0. The average Bonchev–Trinajstić information content (AvgIpc) is 3.69. The number of allylic oxidation sites excluding steroid dienone is 4. The fourth-order valence-corrected chi connectivity index (χ4v) is 6.80. The molecular weight excluding hydrogens is 538 g/mol. The van der Waals surface area contributed by atoms with Crippen molar-refractivity contribution in [3.8, 4) is 17.1 Å². The van der Waals surface area contributed by atoms with Gasteiger partial charge in [0.25, 0.3) is 0 Å². The van der Waals surface area contributed by atoms with E-state index in [-0.39, 0.29) is 0 Å². The van der Waals surface area contributed by atoms with E-state index < -0.39 is 0 Å². The van der Waals surface area contributed by atoms with Crippen molar-refractivity contribution < 1.29 is 0 Å². The number of pyridine rings is 2. The molecule has 0 spiro atoms. The van der Waals surface area contributed by atoms with Gasteiger partial charge in [0.1, 0.15) is 11.3 Å². The number of nitrogens with zero attached hydrogens (tertiary/aromatic N) is 6. The number of likely N-dealkylation sites (tertiary alicyclic amines) is 1. The second-order valence-corrected chi connectivity index (χ2v) is 11.6. The highest BCUT2D eigenvalue weighted by atomic mass is 32.2. The Hall–Kier alpha value is -3.72. The Morgan fingerprint density at radius 1 is 1.00 bits per heavy atom. The van der Waals surface area contributed by atoms with E-state index in [4.69, 9.17) is 15.7 Å². The minimum atomic E-state index is 0.448. The lowest BCUT2D eigenvalue weighted by Gasteiger charge is -2.20. The van der Waals surface area contributed by atoms with Crippen molar-refractivity contribution in [2.75, 3.05) is 31.9 Å². The summed E-state index contributed by atoms with van der Waals surface area (Å²) in [6.45, 7) is 17.5. The molecule has 0 saturated carbocycles. The summed E-state index contributed by atoms with van der Waals surface area (Å²) in [5.74, 6) is 2.69. The Morgan fingerprint density at radius 3 is 2.38 bits per heavy atom. The zero-order chi connectivity index (χ0) is 29.6. The van der Waals surface area contributed by atoms with Gasteiger partial charge >= 0.3 is 0 Å². The van der Waals surface area contributed by atoms with Crippen LogP contribution in [0.5, 0.6) is 0 Å². The highest BCUT2D eigenvalue weighted by Gasteiger charge is 2.39. The second-order valence-electron chi connectivity index (χ2n) is 10.5. The third-order valence-corrected chi connectivity index (χ3v) is 8.63. The van der Waals surface area contributed by atoms with Gasteiger partial charge in [-0.05, 0) is 78.6 Å². The maximum absolute atomic E-state index is 6.32. The maximum Gasteiger partial charge on any atom is 0.165 e. The van der Waals surface area contributed by atoms with Crippen LogP contribution < -0.4 is 5.73 Å². The Labute approximate surface area is 254 Å². The van der Waals surface area contributed by atoms with Gasteiger partial charge in [0, 0.05) is 44.6 Å². The molecule has 2 fully saturated rings. The molecule has 5 heterocycles. The number of nitrogens with two attached hydrogens (primary N) is 1. The summed E-state index contributed by atoms with van der Waals surface area (Å²) < 4.78 is 4.55. The monoisotopic (exact) mass is 579 g/mol. The van der Waals surface area contributed by atoms with Crippen LogP contribution in [0.2, 0.25) is 0 Å². The zero-order valence-corrected chi connectivity index (χ0v) is 25.9. The molecule has 2 unspecified atom stereocenters. The number of benzene rings is 1. The van der Waals surface area contributed by atoms with Crippen molar-refractivity contribution in [1.82, 2.24) is 28.7 Å². The maximum atomic E-state index is 6.32. The second kappa shape index (κ2) is 13.5. The fourth-order valence-electron chi connectivity index (χ4n) is 6.04. The third-order valence-electron chi connectivity index (χ3n) is 7.89. The molecule has 2 aliphatic rings. The van der Waals surface area contributed by atoms with Crippen molar-refractivity contribution in [2.45, 2.75) is 34.2 Å². The molecule has 42 heavy (non-hydrogen) atoms. The first-order valence-corrected chi connectivity index (χ1v) is 15.7. The number of rotatable bonds is 8. The van der Waals surface area contributed by atoms with E-state index in [1.165, 1.54) is 5.56 Å². The van der Waals surface area contributed by atoms with Gasteiger partial charge in [-0.3, -0.25) is 9.47 Å². The molecule has 6 rings (SSSR count). The summed E-state index contributed by atoms with van der Waals surface area (Å²) in [5, 5.41) is 1.94. The van der Waals surface area contributed by atoms with Crippen molar-refractivity contribution >= 4 is 34.5 Å². The average molecular weight is 580 g/mol. The van der Waals surface area contributed by atoms with Crippen LogP contribution >= 0.6 is 11.9 Å². The van der Waals surface area contributed by atoms with Crippen LogP contribution in [0.25, 0.3) is 33.8 Å². The van der Waals surface area contributed by atoms with E-state index in [1.807, 2.05) is 63.4 Å². The number of hydrogen-bond donors (Lipinski definition) is 1. The molecule has 2 aliphatic heterocycles. The minimum Gasteiger partial charge on any atom is -0.383 e. The highest BCUT2D eigenvalue weighted by molar-refractivity contribution is 7.99. The predicted molar refractivity (Wildman–Crippen MR) is 178 cm³/mol. The molecular formula is C34H41N7S. The van der Waals surface area contributed by atoms with Crippen LogP contribution in [0.1, 0.15) is 39.0 Å². The molecule has 0 bridgehead atoms. The van der Waals surface area contributed by atoms with Gasteiger partial charge in [-0.2, -0.15) is 0 Å². The van der Waals surface area contributed by atoms with Gasteiger partial charge in [-0.1, -0.05) is 62.7 Å². The van der Waals surface area contributed by atoms with E-state index >= 15 is 0 Å². The molecule has 1 aromatic carbocycles. The largest absolute Gasteiger partial charge is 0.383 e. The van der Waals surface area contributed by atoms with Crippen molar-refractivity contribution in [3.63, 3.8) is 0 Å². The molecule has 2 saturated heterocycles. The van der Waals surface area contributed by atoms with Crippen molar-refractivity contribution in [1.29, 1.82) is 0 Å². The Bertz CT molecular complexity index is 1570. The lowest BCUT2D eigenvalue weighted by molar-refractivity contribution is 0.294. The molecule has 7 nitrogen and oxygen atoms in total. The zero-order valence-electron chi connectivity index (χ0n) is 25.1.